The molecule has 0 spiro atoms. The molecule has 7 nitrogen and oxygen atoms in total. The van der Waals surface area contributed by atoms with E-state index in [1.807, 2.05) is 34.9 Å². The summed E-state index contributed by atoms with van der Waals surface area (Å²) >= 11 is 0. The summed E-state index contributed by atoms with van der Waals surface area (Å²) in [5.41, 5.74) is 0.869. The standard InChI is InChI=1S/C20H26N2O5/c1-14(15-6-7-17-18(11-15)26-13-25-17)27-19(23)16-5-4-10-22(12-16)20(24)21-8-2-3-9-21/h6-7,11,14,16H,2-5,8-10,12-13H2,1H3/t14-,16+/m1/s1. The smallest absolute Gasteiger partial charge is 0.320 e. The van der Waals surface area contributed by atoms with Gasteiger partial charge in [-0.2, -0.15) is 0 Å². The number of carbonyl (C=O) groups is 2. The van der Waals surface area contributed by atoms with Gasteiger partial charge in [-0.15, -0.1) is 0 Å². The molecule has 1 aromatic carbocycles. The summed E-state index contributed by atoms with van der Waals surface area (Å²) in [5, 5.41) is 0. The molecule has 3 heterocycles. The number of likely N-dealkylation sites (tertiary alicyclic amines) is 2. The first-order chi connectivity index (χ1) is 13.1. The highest BCUT2D eigenvalue weighted by Crippen LogP contribution is 2.35. The Hall–Kier alpha value is -2.44. The van der Waals surface area contributed by atoms with Gasteiger partial charge in [-0.3, -0.25) is 4.79 Å². The van der Waals surface area contributed by atoms with Crippen LogP contribution in [0.4, 0.5) is 4.79 Å². The maximum absolute atomic E-state index is 12.7. The Bertz CT molecular complexity index is 716. The summed E-state index contributed by atoms with van der Waals surface area (Å²) in [6, 6.07) is 5.63. The maximum Gasteiger partial charge on any atom is 0.320 e. The van der Waals surface area contributed by atoms with E-state index in [1.165, 1.54) is 0 Å². The normalized spacial score (nSPS) is 22.6. The van der Waals surface area contributed by atoms with Crippen LogP contribution in [-0.2, 0) is 9.53 Å². The molecule has 27 heavy (non-hydrogen) atoms. The van der Waals surface area contributed by atoms with Gasteiger partial charge in [0.05, 0.1) is 5.92 Å². The number of esters is 1. The highest BCUT2D eigenvalue weighted by molar-refractivity contribution is 5.77. The molecule has 3 aliphatic rings. The number of ether oxygens (including phenoxy) is 3. The topological polar surface area (TPSA) is 68.3 Å². The van der Waals surface area contributed by atoms with Crippen LogP contribution < -0.4 is 9.47 Å². The second-order valence-electron chi connectivity index (χ2n) is 7.45. The lowest BCUT2D eigenvalue weighted by Gasteiger charge is -2.34. The predicted octanol–water partition coefficient (Wildman–Crippen LogP) is 2.95. The summed E-state index contributed by atoms with van der Waals surface area (Å²) < 4.78 is 16.4. The lowest BCUT2D eigenvalue weighted by molar-refractivity contribution is -0.155. The molecular formula is C20H26N2O5. The molecule has 0 unspecified atom stereocenters. The van der Waals surface area contributed by atoms with E-state index in [2.05, 4.69) is 0 Å². The van der Waals surface area contributed by atoms with Crippen LogP contribution in [0.15, 0.2) is 18.2 Å². The fourth-order valence-corrected chi connectivity index (χ4v) is 3.96. The first kappa shape index (κ1) is 17.9. The second-order valence-corrected chi connectivity index (χ2v) is 7.45. The molecule has 2 fully saturated rings. The SMILES string of the molecule is C[C@@H](OC(=O)[C@H]1CCCN(C(=O)N2CCCC2)C1)c1ccc2c(c1)OCO2. The molecule has 0 aliphatic carbocycles. The van der Waals surface area contributed by atoms with E-state index in [-0.39, 0.29) is 30.8 Å². The Morgan fingerprint density at radius 3 is 2.63 bits per heavy atom. The van der Waals surface area contributed by atoms with Gasteiger partial charge >= 0.3 is 12.0 Å². The van der Waals surface area contributed by atoms with Crippen molar-refractivity contribution < 1.29 is 23.8 Å². The van der Waals surface area contributed by atoms with Crippen LogP contribution in [-0.4, -0.2) is 54.8 Å². The van der Waals surface area contributed by atoms with E-state index in [0.29, 0.717) is 18.0 Å². The third-order valence-corrected chi connectivity index (χ3v) is 5.56. The molecule has 1 aromatic rings. The number of fused-ring (bicyclic) bond motifs is 1. The van der Waals surface area contributed by atoms with E-state index in [0.717, 1.165) is 50.9 Å². The molecule has 2 atom stereocenters. The van der Waals surface area contributed by atoms with Crippen molar-refractivity contribution in [2.24, 2.45) is 5.92 Å². The van der Waals surface area contributed by atoms with Gasteiger partial charge in [0.1, 0.15) is 6.10 Å². The molecule has 7 heteroatoms. The molecule has 0 aromatic heterocycles. The lowest BCUT2D eigenvalue weighted by Crippen LogP contribution is -2.48. The quantitative estimate of drug-likeness (QED) is 0.761. The number of piperidine rings is 1. The Morgan fingerprint density at radius 1 is 1.07 bits per heavy atom. The molecule has 0 N–H and O–H groups in total. The fraction of sp³-hybridized carbons (Fsp3) is 0.600. The van der Waals surface area contributed by atoms with Gasteiger partial charge in [0.2, 0.25) is 6.79 Å². The molecule has 4 rings (SSSR count). The first-order valence-electron chi connectivity index (χ1n) is 9.76. The molecule has 3 aliphatic heterocycles. The van der Waals surface area contributed by atoms with E-state index < -0.39 is 0 Å². The summed E-state index contributed by atoms with van der Waals surface area (Å²) in [7, 11) is 0. The van der Waals surface area contributed by atoms with Gasteiger partial charge in [-0.1, -0.05) is 6.07 Å². The number of rotatable bonds is 3. The summed E-state index contributed by atoms with van der Waals surface area (Å²) in [5.74, 6) is 0.886. The van der Waals surface area contributed by atoms with E-state index >= 15 is 0 Å². The van der Waals surface area contributed by atoms with Gasteiger partial charge in [0.15, 0.2) is 11.5 Å². The van der Waals surface area contributed by atoms with Crippen LogP contribution >= 0.6 is 0 Å². The summed E-state index contributed by atoms with van der Waals surface area (Å²) in [4.78, 5) is 29.0. The number of hydrogen-bond acceptors (Lipinski definition) is 5. The lowest BCUT2D eigenvalue weighted by atomic mass is 9.98. The van der Waals surface area contributed by atoms with Gasteiger partial charge in [0, 0.05) is 26.2 Å². The molecule has 2 saturated heterocycles. The molecule has 0 radical (unpaired) electrons. The van der Waals surface area contributed by atoms with Crippen LogP contribution in [0.25, 0.3) is 0 Å². The third kappa shape index (κ3) is 3.82. The van der Waals surface area contributed by atoms with E-state index in [1.54, 1.807) is 0 Å². The van der Waals surface area contributed by atoms with Crippen LogP contribution in [0.3, 0.4) is 0 Å². The first-order valence-corrected chi connectivity index (χ1v) is 9.76. The molecule has 0 bridgehead atoms. The van der Waals surface area contributed by atoms with Gasteiger partial charge in [-0.05, 0) is 50.3 Å². The van der Waals surface area contributed by atoms with Crippen molar-refractivity contribution in [2.45, 2.75) is 38.7 Å². The number of urea groups is 1. The molecule has 0 saturated carbocycles. The molecule has 146 valence electrons. The van der Waals surface area contributed by atoms with Gasteiger partial charge in [-0.25, -0.2) is 4.79 Å². The highest BCUT2D eigenvalue weighted by atomic mass is 16.7. The summed E-state index contributed by atoms with van der Waals surface area (Å²) in [6.07, 6.45) is 3.35. The number of nitrogens with zero attached hydrogens (tertiary/aromatic N) is 2. The number of benzene rings is 1. The largest absolute Gasteiger partial charge is 0.458 e. The molecular weight excluding hydrogens is 348 g/mol. The predicted molar refractivity (Wildman–Crippen MR) is 97.6 cm³/mol. The van der Waals surface area contributed by atoms with Crippen LogP contribution in [0, 0.1) is 5.92 Å². The fourth-order valence-electron chi connectivity index (χ4n) is 3.96. The van der Waals surface area contributed by atoms with Crippen molar-refractivity contribution in [3.63, 3.8) is 0 Å². The minimum atomic E-state index is -0.378. The monoisotopic (exact) mass is 374 g/mol. The minimum Gasteiger partial charge on any atom is -0.458 e. The zero-order valence-electron chi connectivity index (χ0n) is 15.7. The van der Waals surface area contributed by atoms with Crippen LogP contribution in [0.5, 0.6) is 11.5 Å². The average molecular weight is 374 g/mol. The van der Waals surface area contributed by atoms with Crippen molar-refractivity contribution >= 4 is 12.0 Å². The highest BCUT2D eigenvalue weighted by Gasteiger charge is 2.33. The Balaban J connectivity index is 1.35. The zero-order valence-corrected chi connectivity index (χ0v) is 15.7. The van der Waals surface area contributed by atoms with Gasteiger partial charge < -0.3 is 24.0 Å². The van der Waals surface area contributed by atoms with E-state index in [4.69, 9.17) is 14.2 Å². The van der Waals surface area contributed by atoms with Gasteiger partial charge in [0.25, 0.3) is 0 Å². The van der Waals surface area contributed by atoms with Crippen molar-refractivity contribution in [2.75, 3.05) is 33.0 Å². The van der Waals surface area contributed by atoms with Crippen LogP contribution in [0.2, 0.25) is 0 Å². The van der Waals surface area contributed by atoms with Crippen molar-refractivity contribution in [1.82, 2.24) is 9.80 Å². The van der Waals surface area contributed by atoms with Crippen LogP contribution in [0.1, 0.15) is 44.3 Å². The van der Waals surface area contributed by atoms with Crippen molar-refractivity contribution in [1.29, 1.82) is 0 Å². The molecule has 2 amide bonds. The Kier molecular flexibility index (Phi) is 5.09. The Morgan fingerprint density at radius 2 is 1.81 bits per heavy atom. The zero-order chi connectivity index (χ0) is 18.8. The Labute approximate surface area is 159 Å². The average Bonchev–Trinajstić information content (AvgIpc) is 3.38. The third-order valence-electron chi connectivity index (χ3n) is 5.56. The van der Waals surface area contributed by atoms with E-state index in [9.17, 15) is 9.59 Å². The number of amides is 2. The minimum absolute atomic E-state index is 0.0637. The maximum atomic E-state index is 12.7. The number of carbonyl (C=O) groups excluding carboxylic acids is 2. The van der Waals surface area contributed by atoms with Crippen molar-refractivity contribution in [3.8, 4) is 11.5 Å². The van der Waals surface area contributed by atoms with Crippen molar-refractivity contribution in [3.05, 3.63) is 23.8 Å². The second kappa shape index (κ2) is 7.66. The number of hydrogen-bond donors (Lipinski definition) is 0. The summed E-state index contributed by atoms with van der Waals surface area (Å²) in [6.45, 7) is 4.89.